The van der Waals surface area contributed by atoms with Gasteiger partial charge in [0.1, 0.15) is 11.5 Å². The average Bonchev–Trinajstić information content (AvgIpc) is 2.77. The van der Waals surface area contributed by atoms with E-state index in [1.165, 1.54) is 12.8 Å². The Balaban J connectivity index is 2.18. The molecular formula is C12H20N2O. The van der Waals surface area contributed by atoms with Crippen molar-refractivity contribution in [3.05, 3.63) is 23.7 Å². The predicted molar refractivity (Wildman–Crippen MR) is 60.9 cm³/mol. The van der Waals surface area contributed by atoms with Gasteiger partial charge in [-0.05, 0) is 52.5 Å². The lowest BCUT2D eigenvalue weighted by molar-refractivity contribution is 0.209. The molecule has 1 aromatic rings. The van der Waals surface area contributed by atoms with Crippen LogP contribution in [-0.4, -0.2) is 31.6 Å². The van der Waals surface area contributed by atoms with Gasteiger partial charge in [-0.15, -0.1) is 0 Å². The Morgan fingerprint density at radius 2 is 2.27 bits per heavy atom. The smallest absolute Gasteiger partial charge is 0.122 e. The van der Waals surface area contributed by atoms with E-state index in [0.717, 1.165) is 18.1 Å². The molecule has 1 fully saturated rings. The third kappa shape index (κ3) is 2.24. The molecule has 1 N–H and O–H groups in total. The SMILES string of the molecule is Cc1ccc(C(C2CCCN2)N(C)C)o1. The summed E-state index contributed by atoms with van der Waals surface area (Å²) in [7, 11) is 4.23. The first-order valence-corrected chi connectivity index (χ1v) is 5.64. The molecule has 3 nitrogen and oxygen atoms in total. The summed E-state index contributed by atoms with van der Waals surface area (Å²) in [4.78, 5) is 2.24. The van der Waals surface area contributed by atoms with Crippen LogP contribution in [0.25, 0.3) is 0 Å². The van der Waals surface area contributed by atoms with Crippen molar-refractivity contribution in [3.63, 3.8) is 0 Å². The number of hydrogen-bond donors (Lipinski definition) is 1. The highest BCUT2D eigenvalue weighted by Gasteiger charge is 2.29. The molecule has 1 aliphatic heterocycles. The predicted octanol–water partition coefficient (Wildman–Crippen LogP) is 1.94. The first-order valence-electron chi connectivity index (χ1n) is 5.64. The number of rotatable bonds is 3. The zero-order valence-corrected chi connectivity index (χ0v) is 9.79. The maximum Gasteiger partial charge on any atom is 0.122 e. The summed E-state index contributed by atoms with van der Waals surface area (Å²) in [5.74, 6) is 2.08. The molecule has 2 heterocycles. The number of furan rings is 1. The largest absolute Gasteiger partial charge is 0.465 e. The van der Waals surface area contributed by atoms with Crippen LogP contribution in [0.1, 0.15) is 30.4 Å². The van der Waals surface area contributed by atoms with Crippen molar-refractivity contribution in [3.8, 4) is 0 Å². The van der Waals surface area contributed by atoms with Gasteiger partial charge in [0, 0.05) is 6.04 Å². The van der Waals surface area contributed by atoms with E-state index >= 15 is 0 Å². The van der Waals surface area contributed by atoms with Crippen molar-refractivity contribution >= 4 is 0 Å². The second-order valence-electron chi connectivity index (χ2n) is 4.56. The van der Waals surface area contributed by atoms with E-state index in [-0.39, 0.29) is 0 Å². The monoisotopic (exact) mass is 208 g/mol. The van der Waals surface area contributed by atoms with Gasteiger partial charge in [0.05, 0.1) is 6.04 Å². The Morgan fingerprint density at radius 3 is 2.73 bits per heavy atom. The van der Waals surface area contributed by atoms with Gasteiger partial charge in [0.2, 0.25) is 0 Å². The van der Waals surface area contributed by atoms with Crippen molar-refractivity contribution in [2.45, 2.75) is 31.8 Å². The Morgan fingerprint density at radius 1 is 1.47 bits per heavy atom. The Bertz CT molecular complexity index is 313. The molecule has 0 aromatic carbocycles. The van der Waals surface area contributed by atoms with Gasteiger partial charge in [0.25, 0.3) is 0 Å². The Labute approximate surface area is 91.4 Å². The lowest BCUT2D eigenvalue weighted by atomic mass is 10.0. The molecule has 2 atom stereocenters. The lowest BCUT2D eigenvalue weighted by Gasteiger charge is -2.28. The standard InChI is InChI=1S/C12H20N2O/c1-9-6-7-11(15-9)12(14(2)3)10-5-4-8-13-10/h6-7,10,12-13H,4-5,8H2,1-3H3. The van der Waals surface area contributed by atoms with E-state index < -0.39 is 0 Å². The minimum atomic E-state index is 0.362. The molecule has 0 spiro atoms. The minimum Gasteiger partial charge on any atom is -0.465 e. The zero-order valence-electron chi connectivity index (χ0n) is 9.79. The number of aryl methyl sites for hydroxylation is 1. The topological polar surface area (TPSA) is 28.4 Å². The maximum absolute atomic E-state index is 5.74. The highest BCUT2D eigenvalue weighted by atomic mass is 16.3. The molecule has 0 saturated carbocycles. The van der Waals surface area contributed by atoms with Gasteiger partial charge in [-0.1, -0.05) is 0 Å². The van der Waals surface area contributed by atoms with Crippen LogP contribution in [0.15, 0.2) is 16.5 Å². The van der Waals surface area contributed by atoms with Gasteiger partial charge < -0.3 is 9.73 Å². The van der Waals surface area contributed by atoms with E-state index in [1.807, 2.05) is 13.0 Å². The molecule has 0 amide bonds. The van der Waals surface area contributed by atoms with E-state index in [2.05, 4.69) is 30.4 Å². The van der Waals surface area contributed by atoms with E-state index in [4.69, 9.17) is 4.42 Å². The van der Waals surface area contributed by atoms with Crippen LogP contribution in [0.3, 0.4) is 0 Å². The number of nitrogens with zero attached hydrogens (tertiary/aromatic N) is 1. The summed E-state index contributed by atoms with van der Waals surface area (Å²) >= 11 is 0. The molecule has 3 heteroatoms. The second kappa shape index (κ2) is 4.37. The first kappa shape index (κ1) is 10.7. The normalized spacial score (nSPS) is 23.6. The van der Waals surface area contributed by atoms with Crippen molar-refractivity contribution < 1.29 is 4.42 Å². The van der Waals surface area contributed by atoms with Crippen molar-refractivity contribution in [2.75, 3.05) is 20.6 Å². The maximum atomic E-state index is 5.74. The molecule has 84 valence electrons. The van der Waals surface area contributed by atoms with Gasteiger partial charge >= 0.3 is 0 Å². The molecule has 1 aromatic heterocycles. The molecule has 0 radical (unpaired) electrons. The summed E-state index contributed by atoms with van der Waals surface area (Å²) < 4.78 is 5.74. The van der Waals surface area contributed by atoms with Crippen molar-refractivity contribution in [1.82, 2.24) is 10.2 Å². The summed E-state index contributed by atoms with van der Waals surface area (Å²) in [6.45, 7) is 3.13. The fourth-order valence-corrected chi connectivity index (χ4v) is 2.41. The van der Waals surface area contributed by atoms with Crippen LogP contribution in [-0.2, 0) is 0 Å². The highest BCUT2D eigenvalue weighted by Crippen LogP contribution is 2.28. The fourth-order valence-electron chi connectivity index (χ4n) is 2.41. The number of likely N-dealkylation sites (N-methyl/N-ethyl adjacent to an activating group) is 1. The minimum absolute atomic E-state index is 0.362. The Kier molecular flexibility index (Phi) is 3.12. The van der Waals surface area contributed by atoms with E-state index in [1.54, 1.807) is 0 Å². The molecule has 1 aliphatic rings. The van der Waals surface area contributed by atoms with Crippen molar-refractivity contribution in [2.24, 2.45) is 0 Å². The summed E-state index contributed by atoms with van der Waals surface area (Å²) in [6.07, 6.45) is 2.51. The Hall–Kier alpha value is -0.800. The first-order chi connectivity index (χ1) is 7.18. The van der Waals surface area contributed by atoms with E-state index in [9.17, 15) is 0 Å². The molecule has 0 aliphatic carbocycles. The fraction of sp³-hybridized carbons (Fsp3) is 0.667. The van der Waals surface area contributed by atoms with Crippen LogP contribution in [0, 0.1) is 6.92 Å². The molecular weight excluding hydrogens is 188 g/mol. The average molecular weight is 208 g/mol. The van der Waals surface area contributed by atoms with Crippen LogP contribution in [0.5, 0.6) is 0 Å². The molecule has 0 bridgehead atoms. The second-order valence-corrected chi connectivity index (χ2v) is 4.56. The molecule has 2 unspecified atom stereocenters. The lowest BCUT2D eigenvalue weighted by Crippen LogP contribution is -2.37. The summed E-state index contributed by atoms with van der Waals surface area (Å²) in [6, 6.07) is 5.03. The third-order valence-corrected chi connectivity index (χ3v) is 3.09. The molecule has 1 saturated heterocycles. The highest BCUT2D eigenvalue weighted by molar-refractivity contribution is 5.12. The van der Waals surface area contributed by atoms with Gasteiger partial charge in [-0.25, -0.2) is 0 Å². The van der Waals surface area contributed by atoms with E-state index in [0.29, 0.717) is 12.1 Å². The van der Waals surface area contributed by atoms with Crippen LogP contribution < -0.4 is 5.32 Å². The van der Waals surface area contributed by atoms with Gasteiger partial charge in [-0.2, -0.15) is 0 Å². The zero-order chi connectivity index (χ0) is 10.8. The summed E-state index contributed by atoms with van der Waals surface area (Å²) in [5.41, 5.74) is 0. The van der Waals surface area contributed by atoms with Gasteiger partial charge in [-0.3, -0.25) is 4.90 Å². The van der Waals surface area contributed by atoms with Gasteiger partial charge in [0.15, 0.2) is 0 Å². The quantitative estimate of drug-likeness (QED) is 0.823. The van der Waals surface area contributed by atoms with Crippen molar-refractivity contribution in [1.29, 1.82) is 0 Å². The van der Waals surface area contributed by atoms with Crippen LogP contribution >= 0.6 is 0 Å². The van der Waals surface area contributed by atoms with Crippen LogP contribution in [0.4, 0.5) is 0 Å². The third-order valence-electron chi connectivity index (χ3n) is 3.09. The number of hydrogen-bond acceptors (Lipinski definition) is 3. The molecule has 15 heavy (non-hydrogen) atoms. The number of nitrogens with one attached hydrogen (secondary N) is 1. The molecule has 2 rings (SSSR count). The summed E-state index contributed by atoms with van der Waals surface area (Å²) in [5, 5.41) is 3.54. The van der Waals surface area contributed by atoms with Crippen LogP contribution in [0.2, 0.25) is 0 Å².